The lowest BCUT2D eigenvalue weighted by Gasteiger charge is -2.20. The Morgan fingerprint density at radius 1 is 1.32 bits per heavy atom. The Hall–Kier alpha value is -2.11. The number of aryl methyl sites for hydroxylation is 1. The lowest BCUT2D eigenvalue weighted by atomic mass is 10.1. The Bertz CT molecular complexity index is 610. The minimum atomic E-state index is -1.29. The number of hydrogen-bond donors (Lipinski definition) is 1. The minimum absolute atomic E-state index is 0.295. The molecule has 0 fully saturated rings. The lowest BCUT2D eigenvalue weighted by Crippen LogP contribution is -2.32. The van der Waals surface area contributed by atoms with Crippen LogP contribution in [-0.2, 0) is 22.5 Å². The number of aromatic nitrogens is 1. The lowest BCUT2D eigenvalue weighted by molar-refractivity contribution is -0.155. The molecule has 0 aliphatic heterocycles. The number of esters is 1. The van der Waals surface area contributed by atoms with E-state index in [1.165, 1.54) is 12.3 Å². The van der Waals surface area contributed by atoms with Crippen LogP contribution in [0.15, 0.2) is 17.1 Å². The molecule has 1 heterocycles. The minimum Gasteiger partial charge on any atom is -0.477 e. The fourth-order valence-electron chi connectivity index (χ4n) is 2.00. The van der Waals surface area contributed by atoms with E-state index >= 15 is 0 Å². The molecular weight excluding hydrogens is 286 g/mol. The molecule has 1 aromatic rings. The largest absolute Gasteiger partial charge is 0.477 e. The van der Waals surface area contributed by atoms with Crippen molar-refractivity contribution >= 4 is 11.9 Å². The Balaban J connectivity index is 3.11. The molecular formula is C16H23NO5. The van der Waals surface area contributed by atoms with Gasteiger partial charge in [-0.25, -0.2) is 4.79 Å². The van der Waals surface area contributed by atoms with Gasteiger partial charge in [0, 0.05) is 6.20 Å². The van der Waals surface area contributed by atoms with Crippen LogP contribution in [0.4, 0.5) is 0 Å². The molecule has 0 aliphatic carbocycles. The van der Waals surface area contributed by atoms with Crippen LogP contribution < -0.4 is 5.56 Å². The van der Waals surface area contributed by atoms with Gasteiger partial charge in [-0.05, 0) is 45.2 Å². The van der Waals surface area contributed by atoms with Gasteiger partial charge in [0.2, 0.25) is 0 Å². The van der Waals surface area contributed by atoms with Crippen molar-refractivity contribution in [2.75, 3.05) is 0 Å². The molecule has 0 saturated carbocycles. The van der Waals surface area contributed by atoms with Crippen molar-refractivity contribution in [1.82, 2.24) is 4.57 Å². The van der Waals surface area contributed by atoms with Crippen molar-refractivity contribution < 1.29 is 19.4 Å². The van der Waals surface area contributed by atoms with Gasteiger partial charge in [-0.15, -0.1) is 0 Å². The number of pyridine rings is 1. The highest BCUT2D eigenvalue weighted by Gasteiger charge is 2.19. The fourth-order valence-corrected chi connectivity index (χ4v) is 2.00. The average molecular weight is 309 g/mol. The van der Waals surface area contributed by atoms with E-state index in [0.29, 0.717) is 6.42 Å². The van der Waals surface area contributed by atoms with Crippen molar-refractivity contribution in [2.45, 2.75) is 59.1 Å². The van der Waals surface area contributed by atoms with E-state index in [1.54, 1.807) is 20.8 Å². The summed E-state index contributed by atoms with van der Waals surface area (Å²) >= 11 is 0. The number of nitrogens with zero attached hydrogens (tertiary/aromatic N) is 1. The molecule has 122 valence electrons. The number of carboxylic acids is 1. The van der Waals surface area contributed by atoms with Crippen LogP contribution in [0, 0.1) is 0 Å². The summed E-state index contributed by atoms with van der Waals surface area (Å²) in [5.74, 6) is -1.86. The first kappa shape index (κ1) is 17.9. The smallest absolute Gasteiger partial charge is 0.341 e. The first-order valence-corrected chi connectivity index (χ1v) is 7.32. The first-order chi connectivity index (χ1) is 10.1. The summed E-state index contributed by atoms with van der Waals surface area (Å²) in [6, 6.07) is 1.38. The zero-order valence-corrected chi connectivity index (χ0v) is 13.5. The summed E-state index contributed by atoms with van der Waals surface area (Å²) in [5, 5.41) is 9.13. The van der Waals surface area contributed by atoms with Gasteiger partial charge in [-0.3, -0.25) is 9.59 Å². The topological polar surface area (TPSA) is 85.6 Å². The van der Waals surface area contributed by atoms with Crippen molar-refractivity contribution in [1.29, 1.82) is 0 Å². The molecule has 0 aromatic carbocycles. The van der Waals surface area contributed by atoms with E-state index in [-0.39, 0.29) is 12.1 Å². The molecule has 1 rings (SSSR count). The second-order valence-electron chi connectivity index (χ2n) is 6.19. The van der Waals surface area contributed by atoms with Crippen molar-refractivity contribution in [3.63, 3.8) is 0 Å². The molecule has 0 saturated heterocycles. The van der Waals surface area contributed by atoms with E-state index in [1.807, 2.05) is 6.92 Å². The third-order valence-electron chi connectivity index (χ3n) is 2.91. The maximum absolute atomic E-state index is 12.1. The first-order valence-electron chi connectivity index (χ1n) is 7.32. The van der Waals surface area contributed by atoms with E-state index in [2.05, 4.69) is 0 Å². The third-order valence-corrected chi connectivity index (χ3v) is 2.91. The Morgan fingerprint density at radius 3 is 2.45 bits per heavy atom. The molecule has 0 amide bonds. The van der Waals surface area contributed by atoms with Crippen LogP contribution in [0.5, 0.6) is 0 Å². The number of rotatable bonds is 6. The van der Waals surface area contributed by atoms with Crippen molar-refractivity contribution in [3.05, 3.63) is 33.7 Å². The predicted octanol–water partition coefficient (Wildman–Crippen LogP) is 2.23. The second-order valence-corrected chi connectivity index (χ2v) is 6.19. The van der Waals surface area contributed by atoms with E-state index in [0.717, 1.165) is 23.0 Å². The number of unbranched alkanes of at least 4 members (excludes halogenated alkanes) is 1. The predicted molar refractivity (Wildman–Crippen MR) is 82.1 cm³/mol. The molecule has 0 unspecified atom stereocenters. The monoisotopic (exact) mass is 309 g/mol. The summed E-state index contributed by atoms with van der Waals surface area (Å²) in [6.45, 7) is 6.92. The van der Waals surface area contributed by atoms with Gasteiger partial charge in [-0.2, -0.15) is 0 Å². The van der Waals surface area contributed by atoms with Crippen LogP contribution in [0.2, 0.25) is 0 Å². The quantitative estimate of drug-likeness (QED) is 0.814. The summed E-state index contributed by atoms with van der Waals surface area (Å²) in [5.41, 5.74) is -0.950. The van der Waals surface area contributed by atoms with Gasteiger partial charge in [0.25, 0.3) is 5.56 Å². The maximum Gasteiger partial charge on any atom is 0.341 e. The second kappa shape index (κ2) is 7.24. The molecule has 0 atom stereocenters. The summed E-state index contributed by atoms with van der Waals surface area (Å²) in [7, 11) is 0. The third kappa shape index (κ3) is 5.35. The van der Waals surface area contributed by atoms with Gasteiger partial charge < -0.3 is 14.4 Å². The van der Waals surface area contributed by atoms with Gasteiger partial charge in [0.1, 0.15) is 17.7 Å². The molecule has 0 radical (unpaired) electrons. The molecule has 1 N–H and O–H groups in total. The Labute approximate surface area is 129 Å². The van der Waals surface area contributed by atoms with E-state index < -0.39 is 23.1 Å². The maximum atomic E-state index is 12.1. The average Bonchev–Trinajstić information content (AvgIpc) is 2.36. The molecule has 0 bridgehead atoms. The highest BCUT2D eigenvalue weighted by atomic mass is 16.6. The number of hydrogen-bond acceptors (Lipinski definition) is 4. The number of carbonyl (C=O) groups is 2. The Kier molecular flexibility index (Phi) is 5.91. The number of ether oxygens (including phenoxy) is 1. The fraction of sp³-hybridized carbons (Fsp3) is 0.562. The zero-order valence-electron chi connectivity index (χ0n) is 13.5. The molecule has 6 heteroatoms. The van der Waals surface area contributed by atoms with Crippen LogP contribution in [0.3, 0.4) is 0 Å². The molecule has 6 nitrogen and oxygen atoms in total. The van der Waals surface area contributed by atoms with E-state index in [4.69, 9.17) is 9.84 Å². The van der Waals surface area contributed by atoms with Crippen LogP contribution >= 0.6 is 0 Å². The molecule has 22 heavy (non-hydrogen) atoms. The SMILES string of the molecule is CCCCc1cc(C(=O)O)c(=O)n(CC(=O)OC(C)(C)C)c1. The number of carboxylic acid groups (broad SMARTS) is 1. The van der Waals surface area contributed by atoms with Crippen LogP contribution in [0.25, 0.3) is 0 Å². The summed E-state index contributed by atoms with van der Waals surface area (Å²) in [4.78, 5) is 35.2. The normalized spacial score (nSPS) is 11.3. The highest BCUT2D eigenvalue weighted by molar-refractivity contribution is 5.87. The zero-order chi connectivity index (χ0) is 16.9. The van der Waals surface area contributed by atoms with Gasteiger partial charge in [-0.1, -0.05) is 13.3 Å². The van der Waals surface area contributed by atoms with Crippen LogP contribution in [0.1, 0.15) is 56.5 Å². The molecule has 0 aliphatic rings. The number of aromatic carboxylic acids is 1. The molecule has 1 aromatic heterocycles. The standard InChI is InChI=1S/C16H23NO5/c1-5-6-7-11-8-12(15(20)21)14(19)17(9-11)10-13(18)22-16(2,3)4/h8-9H,5-7,10H2,1-4H3,(H,20,21). The van der Waals surface area contributed by atoms with Gasteiger partial charge in [0.15, 0.2) is 0 Å². The van der Waals surface area contributed by atoms with Gasteiger partial charge >= 0.3 is 11.9 Å². The van der Waals surface area contributed by atoms with Crippen molar-refractivity contribution in [3.8, 4) is 0 Å². The molecule has 0 spiro atoms. The highest BCUT2D eigenvalue weighted by Crippen LogP contribution is 2.09. The summed E-state index contributed by atoms with van der Waals surface area (Å²) < 4.78 is 6.29. The van der Waals surface area contributed by atoms with Gasteiger partial charge in [0.05, 0.1) is 0 Å². The van der Waals surface area contributed by atoms with Crippen molar-refractivity contribution in [2.24, 2.45) is 0 Å². The van der Waals surface area contributed by atoms with E-state index in [9.17, 15) is 14.4 Å². The number of carbonyl (C=O) groups excluding carboxylic acids is 1. The Morgan fingerprint density at radius 2 is 1.95 bits per heavy atom. The van der Waals surface area contributed by atoms with Crippen LogP contribution in [-0.4, -0.2) is 27.2 Å². The summed E-state index contributed by atoms with van der Waals surface area (Å²) in [6.07, 6.45) is 4.02.